The van der Waals surface area contributed by atoms with Gasteiger partial charge in [-0.25, -0.2) is 0 Å². The van der Waals surface area contributed by atoms with Crippen molar-refractivity contribution >= 4 is 11.0 Å². The van der Waals surface area contributed by atoms with Gasteiger partial charge in [0, 0.05) is 24.2 Å². The molecule has 108 valence electrons. The second-order valence-corrected chi connectivity index (χ2v) is 5.75. The average Bonchev–Trinajstić information content (AvgIpc) is 3.14. The summed E-state index contributed by atoms with van der Waals surface area (Å²) >= 11 is 0. The number of fused-ring (bicyclic) bond motifs is 1. The fraction of sp³-hybridized carbons (Fsp3) is 0.438. The van der Waals surface area contributed by atoms with Crippen molar-refractivity contribution in [2.45, 2.75) is 38.5 Å². The predicted molar refractivity (Wildman–Crippen MR) is 77.6 cm³/mol. The molecule has 5 heteroatoms. The van der Waals surface area contributed by atoms with Crippen LogP contribution in [0.1, 0.15) is 37.9 Å². The third-order valence-electron chi connectivity index (χ3n) is 4.19. The summed E-state index contributed by atoms with van der Waals surface area (Å²) in [5.74, 6) is 2.55. The Balaban J connectivity index is 1.55. The maximum atomic E-state index is 5.72. The van der Waals surface area contributed by atoms with Gasteiger partial charge < -0.3 is 8.94 Å². The Kier molecular flexibility index (Phi) is 3.18. The summed E-state index contributed by atoms with van der Waals surface area (Å²) in [5.41, 5.74) is 0.784. The normalized spacial score (nSPS) is 16.6. The van der Waals surface area contributed by atoms with Gasteiger partial charge in [-0.1, -0.05) is 37.3 Å². The maximum Gasteiger partial charge on any atom is 0.293 e. The number of furan rings is 1. The van der Waals surface area contributed by atoms with Crippen molar-refractivity contribution in [1.82, 2.24) is 15.1 Å². The zero-order valence-electron chi connectivity index (χ0n) is 11.8. The smallest absolute Gasteiger partial charge is 0.293 e. The van der Waals surface area contributed by atoms with Crippen molar-refractivity contribution in [3.8, 4) is 11.7 Å². The van der Waals surface area contributed by atoms with Crippen LogP contribution < -0.4 is 0 Å². The van der Waals surface area contributed by atoms with Crippen LogP contribution in [0.5, 0.6) is 0 Å². The Hall–Kier alpha value is -2.17. The van der Waals surface area contributed by atoms with E-state index in [0.717, 1.165) is 23.2 Å². The summed E-state index contributed by atoms with van der Waals surface area (Å²) in [6.45, 7) is 0. The first-order valence-corrected chi connectivity index (χ1v) is 7.55. The highest BCUT2D eigenvalue weighted by Gasteiger charge is 2.19. The van der Waals surface area contributed by atoms with Crippen molar-refractivity contribution in [3.63, 3.8) is 0 Å². The lowest BCUT2D eigenvalue weighted by Gasteiger charge is -2.19. The molecule has 0 atom stereocenters. The van der Waals surface area contributed by atoms with Gasteiger partial charge in [-0.15, -0.1) is 0 Å². The first kappa shape index (κ1) is 12.6. The third kappa shape index (κ3) is 2.55. The molecule has 5 nitrogen and oxygen atoms in total. The summed E-state index contributed by atoms with van der Waals surface area (Å²) in [4.78, 5) is 8.55. The van der Waals surface area contributed by atoms with Gasteiger partial charge in [0.25, 0.3) is 5.89 Å². The Morgan fingerprint density at radius 2 is 2.10 bits per heavy atom. The molecule has 0 aliphatic heterocycles. The molecule has 3 aromatic rings. The van der Waals surface area contributed by atoms with Crippen LogP contribution in [0.3, 0.4) is 0 Å². The molecule has 0 bridgehead atoms. The number of aromatic nitrogens is 3. The number of hydrogen-bond acceptors (Lipinski definition) is 5. The highest BCUT2D eigenvalue weighted by Crippen LogP contribution is 2.28. The largest absolute Gasteiger partial charge is 0.451 e. The van der Waals surface area contributed by atoms with E-state index in [2.05, 4.69) is 15.1 Å². The lowest BCUT2D eigenvalue weighted by Crippen LogP contribution is -2.10. The lowest BCUT2D eigenvalue weighted by molar-refractivity contribution is 0.343. The molecule has 4 rings (SSSR count). The molecule has 21 heavy (non-hydrogen) atoms. The van der Waals surface area contributed by atoms with E-state index in [9.17, 15) is 0 Å². The molecule has 0 amide bonds. The summed E-state index contributed by atoms with van der Waals surface area (Å²) < 4.78 is 11.1. The van der Waals surface area contributed by atoms with Crippen LogP contribution in [-0.2, 0) is 6.42 Å². The van der Waals surface area contributed by atoms with Crippen LogP contribution in [0.2, 0.25) is 0 Å². The van der Waals surface area contributed by atoms with Gasteiger partial charge in [-0.3, -0.25) is 4.98 Å². The molecule has 3 heterocycles. The fourth-order valence-electron chi connectivity index (χ4n) is 3.08. The van der Waals surface area contributed by atoms with Gasteiger partial charge >= 0.3 is 0 Å². The minimum Gasteiger partial charge on any atom is -0.451 e. The van der Waals surface area contributed by atoms with Crippen LogP contribution in [-0.4, -0.2) is 15.1 Å². The Labute approximate surface area is 122 Å². The van der Waals surface area contributed by atoms with Gasteiger partial charge in [0.1, 0.15) is 5.58 Å². The molecule has 3 aromatic heterocycles. The van der Waals surface area contributed by atoms with Crippen molar-refractivity contribution < 1.29 is 8.94 Å². The van der Waals surface area contributed by atoms with Crippen LogP contribution >= 0.6 is 0 Å². The molecule has 0 radical (unpaired) electrons. The highest BCUT2D eigenvalue weighted by atomic mass is 16.5. The summed E-state index contributed by atoms with van der Waals surface area (Å²) in [6.07, 6.45) is 10.9. The topological polar surface area (TPSA) is 65.0 Å². The van der Waals surface area contributed by atoms with Gasteiger partial charge in [0.05, 0.1) is 0 Å². The average molecular weight is 283 g/mol. The molecule has 0 unspecified atom stereocenters. The second kappa shape index (κ2) is 5.31. The fourth-order valence-corrected chi connectivity index (χ4v) is 3.08. The van der Waals surface area contributed by atoms with E-state index < -0.39 is 0 Å². The van der Waals surface area contributed by atoms with Crippen molar-refractivity contribution in [2.24, 2.45) is 5.92 Å². The highest BCUT2D eigenvalue weighted by molar-refractivity contribution is 5.80. The van der Waals surface area contributed by atoms with Gasteiger partial charge in [-0.2, -0.15) is 4.98 Å². The molecule has 0 saturated heterocycles. The zero-order chi connectivity index (χ0) is 14.1. The predicted octanol–water partition coefficient (Wildman–Crippen LogP) is 4.00. The molecule has 1 saturated carbocycles. The second-order valence-electron chi connectivity index (χ2n) is 5.75. The minimum atomic E-state index is 0.456. The first-order chi connectivity index (χ1) is 10.4. The van der Waals surface area contributed by atoms with E-state index in [1.807, 2.05) is 12.1 Å². The summed E-state index contributed by atoms with van der Waals surface area (Å²) in [5, 5.41) is 5.04. The Morgan fingerprint density at radius 1 is 1.19 bits per heavy atom. The van der Waals surface area contributed by atoms with Crippen molar-refractivity contribution in [2.75, 3.05) is 0 Å². The molecular formula is C16H17N3O2. The van der Waals surface area contributed by atoms with Gasteiger partial charge in [0.2, 0.25) is 0 Å². The first-order valence-electron chi connectivity index (χ1n) is 7.55. The van der Waals surface area contributed by atoms with E-state index in [0.29, 0.717) is 17.6 Å². The SMILES string of the molecule is c1cc2oc(-c3nc(CC4CCCCC4)no3)cc2cn1. The molecule has 0 spiro atoms. The standard InChI is InChI=1S/C16H17N3O2/c1-2-4-11(5-3-1)8-15-18-16(21-19-15)14-9-12-10-17-7-6-13(12)20-14/h6-7,9-11H,1-5,8H2. The number of hydrogen-bond donors (Lipinski definition) is 0. The molecule has 0 N–H and O–H groups in total. The van der Waals surface area contributed by atoms with Crippen molar-refractivity contribution in [1.29, 1.82) is 0 Å². The van der Waals surface area contributed by atoms with Crippen LogP contribution in [0.25, 0.3) is 22.6 Å². The van der Waals surface area contributed by atoms with E-state index in [1.54, 1.807) is 12.4 Å². The molecule has 0 aromatic carbocycles. The number of pyridine rings is 1. The third-order valence-corrected chi connectivity index (χ3v) is 4.19. The Bertz CT molecular complexity index is 708. The monoisotopic (exact) mass is 283 g/mol. The van der Waals surface area contributed by atoms with Crippen molar-refractivity contribution in [3.05, 3.63) is 30.4 Å². The summed E-state index contributed by atoms with van der Waals surface area (Å²) in [7, 11) is 0. The van der Waals surface area contributed by atoms with Crippen LogP contribution in [0, 0.1) is 5.92 Å². The quantitative estimate of drug-likeness (QED) is 0.726. The number of rotatable bonds is 3. The van der Waals surface area contributed by atoms with Gasteiger partial charge in [-0.05, 0) is 18.1 Å². The van der Waals surface area contributed by atoms with Crippen LogP contribution in [0.15, 0.2) is 33.5 Å². The molecule has 1 aliphatic carbocycles. The van der Waals surface area contributed by atoms with E-state index in [4.69, 9.17) is 8.94 Å². The van der Waals surface area contributed by atoms with E-state index in [1.165, 1.54) is 32.1 Å². The molecule has 1 fully saturated rings. The maximum absolute atomic E-state index is 5.72. The number of nitrogens with zero attached hydrogens (tertiary/aromatic N) is 3. The summed E-state index contributed by atoms with van der Waals surface area (Å²) in [6, 6.07) is 3.72. The Morgan fingerprint density at radius 3 is 2.95 bits per heavy atom. The molecule has 1 aliphatic rings. The van der Waals surface area contributed by atoms with E-state index in [-0.39, 0.29) is 0 Å². The zero-order valence-corrected chi connectivity index (χ0v) is 11.8. The van der Waals surface area contributed by atoms with E-state index >= 15 is 0 Å². The minimum absolute atomic E-state index is 0.456. The molecular weight excluding hydrogens is 266 g/mol. The van der Waals surface area contributed by atoms with Gasteiger partial charge in [0.15, 0.2) is 11.6 Å². The van der Waals surface area contributed by atoms with Crippen LogP contribution in [0.4, 0.5) is 0 Å². The lowest BCUT2D eigenvalue weighted by atomic mass is 9.87.